The van der Waals surface area contributed by atoms with Gasteiger partial charge in [0.05, 0.1) is 5.41 Å². The largest absolute Gasteiger partial charge is 0.341 e. The third kappa shape index (κ3) is 3.32. The molecule has 1 unspecified atom stereocenters. The summed E-state index contributed by atoms with van der Waals surface area (Å²) < 4.78 is 1.03. The molecule has 0 radical (unpaired) electrons. The highest BCUT2D eigenvalue weighted by atomic mass is 79.9. The molecule has 1 amide bonds. The van der Waals surface area contributed by atoms with E-state index in [1.807, 2.05) is 43.0 Å². The van der Waals surface area contributed by atoms with Gasteiger partial charge in [-0.05, 0) is 43.4 Å². The van der Waals surface area contributed by atoms with Crippen LogP contribution in [0.4, 0.5) is 0 Å². The van der Waals surface area contributed by atoms with Crippen molar-refractivity contribution < 1.29 is 4.79 Å². The second-order valence-electron chi connectivity index (χ2n) is 7.24. The van der Waals surface area contributed by atoms with E-state index in [0.29, 0.717) is 0 Å². The summed E-state index contributed by atoms with van der Waals surface area (Å²) in [7, 11) is 0. The Morgan fingerprint density at radius 3 is 2.43 bits per heavy atom. The van der Waals surface area contributed by atoms with Gasteiger partial charge in [-0.2, -0.15) is 0 Å². The van der Waals surface area contributed by atoms with Gasteiger partial charge in [0.15, 0.2) is 0 Å². The third-order valence-corrected chi connectivity index (χ3v) is 5.23. The van der Waals surface area contributed by atoms with Crippen molar-refractivity contribution in [3.8, 4) is 0 Å². The zero-order valence-electron chi connectivity index (χ0n) is 13.3. The van der Waals surface area contributed by atoms with E-state index >= 15 is 0 Å². The molecular weight excluding hydrogens is 328 g/mol. The number of hydrogen-bond acceptors (Lipinski definition) is 2. The minimum Gasteiger partial charge on any atom is -0.341 e. The van der Waals surface area contributed by atoms with Crippen LogP contribution in [0, 0.1) is 5.41 Å². The number of rotatable bonds is 2. The Kier molecular flexibility index (Phi) is 4.50. The number of halogens is 1. The molecule has 0 saturated carbocycles. The minimum atomic E-state index is -0.516. The number of likely N-dealkylation sites (tertiary alicyclic amines) is 1. The smallest absolute Gasteiger partial charge is 0.232 e. The van der Waals surface area contributed by atoms with E-state index in [2.05, 4.69) is 29.8 Å². The van der Waals surface area contributed by atoms with Gasteiger partial charge < -0.3 is 10.6 Å². The van der Waals surface area contributed by atoms with Gasteiger partial charge in [-0.25, -0.2) is 0 Å². The first-order valence-corrected chi connectivity index (χ1v) is 8.25. The minimum absolute atomic E-state index is 0.0241. The van der Waals surface area contributed by atoms with E-state index < -0.39 is 5.41 Å². The van der Waals surface area contributed by atoms with Crippen LogP contribution >= 0.6 is 15.9 Å². The van der Waals surface area contributed by atoms with Crippen LogP contribution in [0.1, 0.15) is 39.7 Å². The zero-order valence-corrected chi connectivity index (χ0v) is 14.9. The number of piperidine rings is 1. The molecule has 3 nitrogen and oxygen atoms in total. The van der Waals surface area contributed by atoms with Crippen molar-refractivity contribution >= 4 is 21.8 Å². The van der Waals surface area contributed by atoms with Crippen molar-refractivity contribution in [3.05, 3.63) is 34.3 Å². The van der Waals surface area contributed by atoms with Gasteiger partial charge in [-0.15, -0.1) is 0 Å². The lowest BCUT2D eigenvalue weighted by molar-refractivity contribution is -0.139. The maximum atomic E-state index is 13.0. The molecule has 0 spiro atoms. The average molecular weight is 353 g/mol. The fraction of sp³-hybridized carbons (Fsp3) is 0.588. The lowest BCUT2D eigenvalue weighted by Crippen LogP contribution is -2.56. The Balaban J connectivity index is 2.20. The summed E-state index contributed by atoms with van der Waals surface area (Å²) >= 11 is 3.44. The second kappa shape index (κ2) is 5.73. The van der Waals surface area contributed by atoms with Crippen LogP contribution in [0.2, 0.25) is 0 Å². The molecule has 1 aliphatic heterocycles. The SMILES string of the molecule is CC(C)(C(=O)N1CCC(N)C(C)(C)C1)c1ccc(Br)cc1. The molecule has 116 valence electrons. The fourth-order valence-corrected chi connectivity index (χ4v) is 3.20. The maximum absolute atomic E-state index is 13.0. The van der Waals surface area contributed by atoms with Crippen molar-refractivity contribution in [3.63, 3.8) is 0 Å². The van der Waals surface area contributed by atoms with Gasteiger partial charge in [0.1, 0.15) is 0 Å². The third-order valence-electron chi connectivity index (χ3n) is 4.70. The standard InChI is InChI=1S/C17H25BrN2O/c1-16(2)11-20(10-9-14(16)19)15(21)17(3,4)12-5-7-13(18)8-6-12/h5-8,14H,9-11,19H2,1-4H3. The Labute approximate surface area is 136 Å². The molecule has 21 heavy (non-hydrogen) atoms. The van der Waals surface area contributed by atoms with Crippen molar-refractivity contribution in [1.82, 2.24) is 4.90 Å². The van der Waals surface area contributed by atoms with Crippen LogP contribution in [0.5, 0.6) is 0 Å². The topological polar surface area (TPSA) is 46.3 Å². The molecule has 0 aliphatic carbocycles. The summed E-state index contributed by atoms with van der Waals surface area (Å²) in [5.74, 6) is 0.185. The molecule has 1 heterocycles. The predicted octanol–water partition coefficient (Wildman–Crippen LogP) is 3.31. The molecule has 0 bridgehead atoms. The van der Waals surface area contributed by atoms with Crippen molar-refractivity contribution in [1.29, 1.82) is 0 Å². The predicted molar refractivity (Wildman–Crippen MR) is 90.1 cm³/mol. The van der Waals surface area contributed by atoms with E-state index in [1.165, 1.54) is 0 Å². The van der Waals surface area contributed by atoms with Crippen molar-refractivity contribution in [2.45, 2.75) is 45.6 Å². The quantitative estimate of drug-likeness (QED) is 0.887. The van der Waals surface area contributed by atoms with Crippen LogP contribution in [0.25, 0.3) is 0 Å². The van der Waals surface area contributed by atoms with E-state index in [1.54, 1.807) is 0 Å². The highest BCUT2D eigenvalue weighted by molar-refractivity contribution is 9.10. The molecule has 2 N–H and O–H groups in total. The van der Waals surface area contributed by atoms with E-state index in [0.717, 1.165) is 29.5 Å². The van der Waals surface area contributed by atoms with Gasteiger partial charge in [0.2, 0.25) is 5.91 Å². The molecule has 1 aromatic rings. The summed E-state index contributed by atoms with van der Waals surface area (Å²) in [5, 5.41) is 0. The Morgan fingerprint density at radius 2 is 1.90 bits per heavy atom. The number of carbonyl (C=O) groups excluding carboxylic acids is 1. The summed E-state index contributed by atoms with van der Waals surface area (Å²) in [4.78, 5) is 15.0. The van der Waals surface area contributed by atoms with E-state index in [9.17, 15) is 4.79 Å². The Morgan fingerprint density at radius 1 is 1.33 bits per heavy atom. The van der Waals surface area contributed by atoms with Gasteiger partial charge >= 0.3 is 0 Å². The molecule has 1 atom stereocenters. The van der Waals surface area contributed by atoms with Crippen LogP contribution in [0.15, 0.2) is 28.7 Å². The molecule has 1 fully saturated rings. The highest BCUT2D eigenvalue weighted by Crippen LogP contribution is 2.32. The molecule has 0 aromatic heterocycles. The highest BCUT2D eigenvalue weighted by Gasteiger charge is 2.40. The number of carbonyl (C=O) groups is 1. The lowest BCUT2D eigenvalue weighted by atomic mass is 9.77. The fourth-order valence-electron chi connectivity index (χ4n) is 2.93. The molecule has 2 rings (SSSR count). The van der Waals surface area contributed by atoms with E-state index in [-0.39, 0.29) is 17.4 Å². The summed E-state index contributed by atoms with van der Waals surface area (Å²) in [6.45, 7) is 9.77. The summed E-state index contributed by atoms with van der Waals surface area (Å²) in [6.07, 6.45) is 0.870. The summed E-state index contributed by atoms with van der Waals surface area (Å²) in [6, 6.07) is 8.17. The zero-order chi connectivity index (χ0) is 15.8. The van der Waals surface area contributed by atoms with Gasteiger partial charge in [0.25, 0.3) is 0 Å². The van der Waals surface area contributed by atoms with Gasteiger partial charge in [0, 0.05) is 23.6 Å². The van der Waals surface area contributed by atoms with Crippen molar-refractivity contribution in [2.75, 3.05) is 13.1 Å². The second-order valence-corrected chi connectivity index (χ2v) is 8.16. The van der Waals surface area contributed by atoms with Crippen molar-refractivity contribution in [2.24, 2.45) is 11.1 Å². The van der Waals surface area contributed by atoms with Crippen LogP contribution in [0.3, 0.4) is 0 Å². The molecule has 4 heteroatoms. The van der Waals surface area contributed by atoms with Crippen LogP contribution < -0.4 is 5.73 Å². The monoisotopic (exact) mass is 352 g/mol. The first-order chi connectivity index (χ1) is 9.64. The normalized spacial score (nSPS) is 22.2. The number of amides is 1. The summed E-state index contributed by atoms with van der Waals surface area (Å²) in [5.41, 5.74) is 6.67. The molecule has 1 saturated heterocycles. The number of nitrogens with two attached hydrogens (primary N) is 1. The molecular formula is C17H25BrN2O. The maximum Gasteiger partial charge on any atom is 0.232 e. The number of hydrogen-bond donors (Lipinski definition) is 1. The number of nitrogens with zero attached hydrogens (tertiary/aromatic N) is 1. The Bertz CT molecular complexity index is 522. The Hall–Kier alpha value is -0.870. The van der Waals surface area contributed by atoms with Crippen LogP contribution in [-0.4, -0.2) is 29.9 Å². The number of benzene rings is 1. The molecule has 1 aliphatic rings. The van der Waals surface area contributed by atoms with Crippen LogP contribution in [-0.2, 0) is 10.2 Å². The van der Waals surface area contributed by atoms with Gasteiger partial charge in [-0.1, -0.05) is 41.9 Å². The first-order valence-electron chi connectivity index (χ1n) is 7.45. The first kappa shape index (κ1) is 16.5. The average Bonchev–Trinajstić information content (AvgIpc) is 2.41. The molecule has 1 aromatic carbocycles. The lowest BCUT2D eigenvalue weighted by Gasteiger charge is -2.45. The van der Waals surface area contributed by atoms with E-state index in [4.69, 9.17) is 5.73 Å². The van der Waals surface area contributed by atoms with Gasteiger partial charge in [-0.3, -0.25) is 4.79 Å².